The number of nitrogens with one attached hydrogen (secondary N) is 1. The van der Waals surface area contributed by atoms with Crippen LogP contribution in [0.4, 0.5) is 0 Å². The minimum absolute atomic E-state index is 0.113. The standard InChI is InChI=1S/C17H28NO4P/c1-13(2)23(20,22-15-10-8-7-9-11-15)18-14(3)16(19)21-12-17(4,5)6/h7-11,13-14H,12H2,1-6H3,(H,18,20)/t14-,23?/m0/s1. The second-order valence-electron chi connectivity index (χ2n) is 7.11. The highest BCUT2D eigenvalue weighted by Gasteiger charge is 2.33. The Morgan fingerprint density at radius 1 is 1.17 bits per heavy atom. The number of esters is 1. The first kappa shape index (κ1) is 19.7. The third-order valence-corrected chi connectivity index (χ3v) is 5.63. The molecule has 0 amide bonds. The van der Waals surface area contributed by atoms with E-state index >= 15 is 0 Å². The van der Waals surface area contributed by atoms with Crippen LogP contribution in [0.1, 0.15) is 41.5 Å². The van der Waals surface area contributed by atoms with Crippen LogP contribution in [0.2, 0.25) is 0 Å². The summed E-state index contributed by atoms with van der Waals surface area (Å²) in [4.78, 5) is 12.1. The van der Waals surface area contributed by atoms with E-state index < -0.39 is 19.5 Å². The van der Waals surface area contributed by atoms with Gasteiger partial charge in [0.15, 0.2) is 0 Å². The molecule has 0 saturated heterocycles. The lowest BCUT2D eigenvalue weighted by Crippen LogP contribution is -2.37. The predicted octanol–water partition coefficient (Wildman–Crippen LogP) is 4.23. The Morgan fingerprint density at radius 2 is 1.74 bits per heavy atom. The van der Waals surface area contributed by atoms with Crippen LogP contribution >= 0.6 is 7.52 Å². The Morgan fingerprint density at radius 3 is 2.22 bits per heavy atom. The van der Waals surface area contributed by atoms with Crippen LogP contribution in [0.5, 0.6) is 5.75 Å². The first-order valence-corrected chi connectivity index (χ1v) is 9.52. The first-order chi connectivity index (χ1) is 10.5. The SMILES string of the molecule is CC(C)P(=O)(N[C@@H](C)C(=O)OCC(C)(C)C)Oc1ccccc1. The zero-order valence-electron chi connectivity index (χ0n) is 14.8. The van der Waals surface area contributed by atoms with E-state index in [1.54, 1.807) is 45.0 Å². The van der Waals surface area contributed by atoms with E-state index in [1.807, 2.05) is 26.8 Å². The van der Waals surface area contributed by atoms with Gasteiger partial charge in [-0.25, -0.2) is 5.09 Å². The van der Waals surface area contributed by atoms with E-state index in [0.717, 1.165) is 0 Å². The summed E-state index contributed by atoms with van der Waals surface area (Å²) in [6.45, 7) is 11.5. The van der Waals surface area contributed by atoms with Crippen molar-refractivity contribution in [2.24, 2.45) is 5.41 Å². The molecule has 1 unspecified atom stereocenters. The highest BCUT2D eigenvalue weighted by molar-refractivity contribution is 7.58. The van der Waals surface area contributed by atoms with Crippen LogP contribution in [-0.4, -0.2) is 24.3 Å². The zero-order chi connectivity index (χ0) is 17.7. The van der Waals surface area contributed by atoms with Crippen LogP contribution in [0.15, 0.2) is 30.3 Å². The van der Waals surface area contributed by atoms with Crippen molar-refractivity contribution >= 4 is 13.5 Å². The number of benzene rings is 1. The molecule has 6 heteroatoms. The number of carbonyl (C=O) groups excluding carboxylic acids is 1. The van der Waals surface area contributed by atoms with Crippen LogP contribution in [-0.2, 0) is 14.1 Å². The molecule has 0 aliphatic carbocycles. The van der Waals surface area contributed by atoms with Gasteiger partial charge in [-0.1, -0.05) is 52.8 Å². The molecule has 23 heavy (non-hydrogen) atoms. The second kappa shape index (κ2) is 7.98. The Labute approximate surface area is 139 Å². The summed E-state index contributed by atoms with van der Waals surface area (Å²) in [6.07, 6.45) is 0. The van der Waals surface area contributed by atoms with E-state index in [2.05, 4.69) is 5.09 Å². The molecule has 0 radical (unpaired) electrons. The Bertz CT molecular complexity index is 551. The maximum Gasteiger partial charge on any atom is 0.323 e. The average molecular weight is 341 g/mol. The highest BCUT2D eigenvalue weighted by Crippen LogP contribution is 2.48. The number of ether oxygens (including phenoxy) is 1. The van der Waals surface area contributed by atoms with Crippen LogP contribution < -0.4 is 9.61 Å². The van der Waals surface area contributed by atoms with Gasteiger partial charge >= 0.3 is 13.5 Å². The Kier molecular flexibility index (Phi) is 6.84. The third-order valence-electron chi connectivity index (χ3n) is 3.04. The van der Waals surface area contributed by atoms with Crippen molar-refractivity contribution in [3.8, 4) is 5.75 Å². The molecule has 0 fully saturated rings. The molecular formula is C17H28NO4P. The number of para-hydroxylation sites is 1. The molecule has 0 aromatic heterocycles. The van der Waals surface area contributed by atoms with Gasteiger partial charge in [0.05, 0.1) is 12.3 Å². The van der Waals surface area contributed by atoms with E-state index in [-0.39, 0.29) is 11.1 Å². The molecule has 0 saturated carbocycles. The maximum absolute atomic E-state index is 13.1. The zero-order valence-corrected chi connectivity index (χ0v) is 15.7. The first-order valence-electron chi connectivity index (χ1n) is 7.82. The maximum atomic E-state index is 13.1. The second-order valence-corrected chi connectivity index (χ2v) is 9.78. The summed E-state index contributed by atoms with van der Waals surface area (Å²) in [5.74, 6) is 0.0738. The van der Waals surface area contributed by atoms with Gasteiger partial charge in [-0.3, -0.25) is 9.36 Å². The lowest BCUT2D eigenvalue weighted by atomic mass is 9.99. The molecule has 5 nitrogen and oxygen atoms in total. The number of hydrogen-bond acceptors (Lipinski definition) is 4. The molecule has 1 N–H and O–H groups in total. The topological polar surface area (TPSA) is 64.6 Å². The summed E-state index contributed by atoms with van der Waals surface area (Å²) in [6, 6.07) is 8.22. The summed E-state index contributed by atoms with van der Waals surface area (Å²) < 4.78 is 24.0. The molecular weight excluding hydrogens is 313 g/mol. The largest absolute Gasteiger partial charge is 0.464 e. The fourth-order valence-corrected chi connectivity index (χ4v) is 3.30. The summed E-state index contributed by atoms with van der Waals surface area (Å²) in [5, 5.41) is 2.84. The summed E-state index contributed by atoms with van der Waals surface area (Å²) >= 11 is 0. The molecule has 2 atom stereocenters. The van der Waals surface area contributed by atoms with Gasteiger partial charge in [-0.05, 0) is 24.5 Å². The predicted molar refractivity (Wildman–Crippen MR) is 92.8 cm³/mol. The van der Waals surface area contributed by atoms with Gasteiger partial charge in [0.1, 0.15) is 11.8 Å². The van der Waals surface area contributed by atoms with E-state index in [9.17, 15) is 9.36 Å². The molecule has 0 bridgehead atoms. The number of carbonyl (C=O) groups is 1. The van der Waals surface area contributed by atoms with Gasteiger partial charge in [-0.2, -0.15) is 0 Å². The van der Waals surface area contributed by atoms with E-state index in [0.29, 0.717) is 12.4 Å². The van der Waals surface area contributed by atoms with E-state index in [4.69, 9.17) is 9.26 Å². The van der Waals surface area contributed by atoms with Crippen molar-refractivity contribution < 1.29 is 18.6 Å². The number of rotatable bonds is 7. The van der Waals surface area contributed by atoms with Crippen molar-refractivity contribution in [2.45, 2.75) is 53.2 Å². The molecule has 0 aliphatic heterocycles. The lowest BCUT2D eigenvalue weighted by Gasteiger charge is -2.27. The highest BCUT2D eigenvalue weighted by atomic mass is 31.2. The molecule has 0 aliphatic rings. The summed E-state index contributed by atoms with van der Waals surface area (Å²) in [7, 11) is -3.24. The van der Waals surface area contributed by atoms with Crippen molar-refractivity contribution in [3.63, 3.8) is 0 Å². The van der Waals surface area contributed by atoms with E-state index in [1.165, 1.54) is 0 Å². The van der Waals surface area contributed by atoms with Crippen LogP contribution in [0.3, 0.4) is 0 Å². The minimum atomic E-state index is -3.24. The van der Waals surface area contributed by atoms with Gasteiger partial charge in [0, 0.05) is 0 Å². The average Bonchev–Trinajstić information content (AvgIpc) is 2.44. The monoisotopic (exact) mass is 341 g/mol. The number of hydrogen-bond donors (Lipinski definition) is 1. The fraction of sp³-hybridized carbons (Fsp3) is 0.588. The molecule has 1 aromatic carbocycles. The fourth-order valence-electron chi connectivity index (χ4n) is 1.65. The van der Waals surface area contributed by atoms with Crippen molar-refractivity contribution in [1.29, 1.82) is 0 Å². The van der Waals surface area contributed by atoms with Crippen molar-refractivity contribution in [2.75, 3.05) is 6.61 Å². The Balaban J connectivity index is 2.75. The minimum Gasteiger partial charge on any atom is -0.464 e. The van der Waals surface area contributed by atoms with Gasteiger partial charge in [0.25, 0.3) is 0 Å². The third kappa shape index (κ3) is 6.76. The summed E-state index contributed by atoms with van der Waals surface area (Å²) in [5.41, 5.74) is -0.391. The van der Waals surface area contributed by atoms with Crippen LogP contribution in [0, 0.1) is 5.41 Å². The molecule has 0 spiro atoms. The van der Waals surface area contributed by atoms with Crippen molar-refractivity contribution in [3.05, 3.63) is 30.3 Å². The molecule has 1 rings (SSSR count). The Hall–Kier alpha value is -1.32. The van der Waals surface area contributed by atoms with Gasteiger partial charge in [-0.15, -0.1) is 0 Å². The normalized spacial score (nSPS) is 15.8. The molecule has 1 aromatic rings. The molecule has 130 valence electrons. The lowest BCUT2D eigenvalue weighted by molar-refractivity contribution is -0.148. The van der Waals surface area contributed by atoms with Crippen molar-refractivity contribution in [1.82, 2.24) is 5.09 Å². The van der Waals surface area contributed by atoms with Gasteiger partial charge in [0.2, 0.25) is 0 Å². The smallest absolute Gasteiger partial charge is 0.323 e. The van der Waals surface area contributed by atoms with Gasteiger partial charge < -0.3 is 9.26 Å². The van der Waals surface area contributed by atoms with Crippen LogP contribution in [0.25, 0.3) is 0 Å². The quantitative estimate of drug-likeness (QED) is 0.594. The molecule has 0 heterocycles.